The number of carboxylic acids is 1. The lowest BCUT2D eigenvalue weighted by Crippen LogP contribution is -2.64. The highest BCUT2D eigenvalue weighted by Gasteiger charge is 2.53. The van der Waals surface area contributed by atoms with E-state index in [0.717, 1.165) is 4.31 Å². The van der Waals surface area contributed by atoms with Gasteiger partial charge in [-0.3, -0.25) is 4.79 Å². The van der Waals surface area contributed by atoms with Gasteiger partial charge in [0.2, 0.25) is 16.3 Å². The number of ether oxygens (including phenoxy) is 3. The Morgan fingerprint density at radius 2 is 1.62 bits per heavy atom. The summed E-state index contributed by atoms with van der Waals surface area (Å²) < 4.78 is 72.6. The van der Waals surface area contributed by atoms with Crippen molar-refractivity contribution in [1.29, 1.82) is 0 Å². The molecular weight excluding hydrogens is 614 g/mol. The summed E-state index contributed by atoms with van der Waals surface area (Å²) in [4.78, 5) is 35.7. The minimum Gasteiger partial charge on any atom is -0.480 e. The van der Waals surface area contributed by atoms with E-state index >= 15 is 0 Å². The van der Waals surface area contributed by atoms with Gasteiger partial charge in [-0.1, -0.05) is 44.2 Å². The Kier molecular flexibility index (Phi) is 10.1. The number of aliphatic carboxylic acids is 1. The zero-order valence-corrected chi connectivity index (χ0v) is 25.4. The monoisotopic (exact) mass is 646 g/mol. The highest BCUT2D eigenvalue weighted by atomic mass is 32.2. The van der Waals surface area contributed by atoms with Gasteiger partial charge < -0.3 is 24.6 Å². The second kappa shape index (κ2) is 13.6. The van der Waals surface area contributed by atoms with E-state index in [0.29, 0.717) is 0 Å². The minimum atomic E-state index is -4.17. The van der Waals surface area contributed by atoms with Crippen molar-refractivity contribution in [3.8, 4) is 5.75 Å². The van der Waals surface area contributed by atoms with E-state index in [-0.39, 0.29) is 41.3 Å². The van der Waals surface area contributed by atoms with Gasteiger partial charge >= 0.3 is 18.0 Å². The molecule has 1 heterocycles. The molecule has 14 heteroatoms. The number of halogens is 2. The van der Waals surface area contributed by atoms with Crippen molar-refractivity contribution >= 4 is 28.1 Å². The summed E-state index contributed by atoms with van der Waals surface area (Å²) in [5, 5.41) is 11.9. The third-order valence-corrected chi connectivity index (χ3v) is 8.74. The van der Waals surface area contributed by atoms with Gasteiger partial charge in [-0.05, 0) is 48.0 Å². The first-order valence-electron chi connectivity index (χ1n) is 13.9. The third-order valence-electron chi connectivity index (χ3n) is 6.95. The molecular formula is C31H32F2N2O9S. The van der Waals surface area contributed by atoms with Gasteiger partial charge in [0.25, 0.3) is 0 Å². The summed E-state index contributed by atoms with van der Waals surface area (Å²) in [6.07, 6.45) is -2.73. The van der Waals surface area contributed by atoms with Crippen molar-refractivity contribution in [2.45, 2.75) is 50.0 Å². The molecule has 1 amide bonds. The molecule has 0 bridgehead atoms. The van der Waals surface area contributed by atoms with E-state index in [9.17, 15) is 36.7 Å². The molecule has 1 saturated heterocycles. The van der Waals surface area contributed by atoms with Crippen LogP contribution in [0.4, 0.5) is 13.6 Å². The number of alkyl carbamates (subject to hydrolysis) is 1. The summed E-state index contributed by atoms with van der Waals surface area (Å²) in [6, 6.07) is 14.9. The average molecular weight is 647 g/mol. The van der Waals surface area contributed by atoms with E-state index in [2.05, 4.69) is 5.32 Å². The SMILES string of the molecule is CC(OC(=O)N[C@@H](Cc1cccc(S(=O)(=O)N2CC(Oc3ccc(F)cc3)(c3ccccc3F)C2)c1)C(=O)O)OC(=O)C(C)C. The molecule has 1 aliphatic rings. The second-order valence-corrected chi connectivity index (χ2v) is 12.7. The van der Waals surface area contributed by atoms with E-state index in [1.807, 2.05) is 0 Å². The smallest absolute Gasteiger partial charge is 0.410 e. The summed E-state index contributed by atoms with van der Waals surface area (Å²) >= 11 is 0. The molecule has 1 fully saturated rings. The van der Waals surface area contributed by atoms with Crippen molar-refractivity contribution < 1.29 is 50.9 Å². The molecule has 0 aromatic heterocycles. The van der Waals surface area contributed by atoms with Crippen LogP contribution in [0.25, 0.3) is 0 Å². The fraction of sp³-hybridized carbons (Fsp3) is 0.323. The first-order chi connectivity index (χ1) is 21.2. The van der Waals surface area contributed by atoms with Crippen molar-refractivity contribution in [3.05, 3.63) is 95.6 Å². The number of carboxylic acid groups (broad SMARTS) is 1. The van der Waals surface area contributed by atoms with Gasteiger partial charge in [0.05, 0.1) is 23.9 Å². The van der Waals surface area contributed by atoms with Crippen LogP contribution in [0, 0.1) is 17.6 Å². The van der Waals surface area contributed by atoms with Crippen LogP contribution in [-0.2, 0) is 41.1 Å². The minimum absolute atomic E-state index is 0.130. The predicted octanol–water partition coefficient (Wildman–Crippen LogP) is 4.21. The fourth-order valence-corrected chi connectivity index (χ4v) is 6.22. The molecule has 3 aromatic rings. The highest BCUT2D eigenvalue weighted by Crippen LogP contribution is 2.41. The number of nitrogens with zero attached hydrogens (tertiary/aromatic N) is 1. The maximum absolute atomic E-state index is 14.9. The number of benzene rings is 3. The van der Waals surface area contributed by atoms with Gasteiger partial charge in [0.15, 0.2) is 5.60 Å². The van der Waals surface area contributed by atoms with Gasteiger partial charge in [0, 0.05) is 18.9 Å². The quantitative estimate of drug-likeness (QED) is 0.218. The maximum Gasteiger partial charge on any atom is 0.410 e. The summed E-state index contributed by atoms with van der Waals surface area (Å²) in [5.41, 5.74) is -0.996. The number of sulfonamides is 1. The highest BCUT2D eigenvalue weighted by molar-refractivity contribution is 7.89. The molecule has 1 aliphatic heterocycles. The first-order valence-corrected chi connectivity index (χ1v) is 15.3. The van der Waals surface area contributed by atoms with Crippen molar-refractivity contribution in [2.75, 3.05) is 13.1 Å². The maximum atomic E-state index is 14.9. The normalized spacial score (nSPS) is 15.8. The van der Waals surface area contributed by atoms with Crippen LogP contribution < -0.4 is 10.1 Å². The van der Waals surface area contributed by atoms with Crippen LogP contribution in [-0.4, -0.2) is 61.3 Å². The Labute approximate surface area is 258 Å². The zero-order chi connectivity index (χ0) is 32.9. The van der Waals surface area contributed by atoms with Crippen molar-refractivity contribution in [3.63, 3.8) is 0 Å². The summed E-state index contributed by atoms with van der Waals surface area (Å²) in [5.74, 6) is -3.38. The number of carbonyl (C=O) groups is 3. The van der Waals surface area contributed by atoms with E-state index in [4.69, 9.17) is 14.2 Å². The molecule has 3 aromatic carbocycles. The molecule has 0 aliphatic carbocycles. The van der Waals surface area contributed by atoms with Gasteiger partial charge in [-0.2, -0.15) is 4.31 Å². The number of nitrogens with one attached hydrogen (secondary N) is 1. The molecule has 0 radical (unpaired) electrons. The zero-order valence-electron chi connectivity index (χ0n) is 24.6. The van der Waals surface area contributed by atoms with Crippen LogP contribution in [0.2, 0.25) is 0 Å². The lowest BCUT2D eigenvalue weighted by Gasteiger charge is -2.48. The molecule has 0 saturated carbocycles. The molecule has 240 valence electrons. The van der Waals surface area contributed by atoms with E-state index in [1.54, 1.807) is 19.9 Å². The van der Waals surface area contributed by atoms with Crippen LogP contribution in [0.15, 0.2) is 77.7 Å². The Bertz CT molecular complexity index is 1660. The van der Waals surface area contributed by atoms with Gasteiger partial charge in [-0.25, -0.2) is 26.8 Å². The number of hydrogen-bond donors (Lipinski definition) is 2. The lowest BCUT2D eigenvalue weighted by atomic mass is 9.87. The summed E-state index contributed by atoms with van der Waals surface area (Å²) in [6.45, 7) is 3.96. The Balaban J connectivity index is 1.48. The van der Waals surface area contributed by atoms with Gasteiger partial charge in [0.1, 0.15) is 23.4 Å². The molecule has 1 unspecified atom stereocenters. The number of esters is 1. The Morgan fingerprint density at radius 3 is 2.24 bits per heavy atom. The van der Waals surface area contributed by atoms with Crippen molar-refractivity contribution in [1.82, 2.24) is 9.62 Å². The predicted molar refractivity (Wildman–Crippen MR) is 155 cm³/mol. The van der Waals surface area contributed by atoms with Crippen molar-refractivity contribution in [2.24, 2.45) is 5.92 Å². The van der Waals surface area contributed by atoms with E-state index < -0.39 is 63.5 Å². The Morgan fingerprint density at radius 1 is 0.956 bits per heavy atom. The first kappa shape index (κ1) is 33.3. The average Bonchev–Trinajstić information content (AvgIpc) is 2.95. The Hall–Kier alpha value is -4.56. The molecule has 11 nitrogen and oxygen atoms in total. The summed E-state index contributed by atoms with van der Waals surface area (Å²) in [7, 11) is -4.17. The molecule has 4 rings (SSSR count). The molecule has 45 heavy (non-hydrogen) atoms. The van der Waals surface area contributed by atoms with Crippen LogP contribution in [0.5, 0.6) is 5.75 Å². The van der Waals surface area contributed by atoms with Crippen LogP contribution >= 0.6 is 0 Å². The molecule has 0 spiro atoms. The van der Waals surface area contributed by atoms with Crippen LogP contribution in [0.3, 0.4) is 0 Å². The number of hydrogen-bond acceptors (Lipinski definition) is 8. The number of rotatable bonds is 12. The lowest BCUT2D eigenvalue weighted by molar-refractivity contribution is -0.169. The van der Waals surface area contributed by atoms with Gasteiger partial charge in [-0.15, -0.1) is 0 Å². The third kappa shape index (κ3) is 7.94. The second-order valence-electron chi connectivity index (χ2n) is 10.8. The molecule has 2 atom stereocenters. The fourth-order valence-electron chi connectivity index (χ4n) is 4.61. The standard InChI is InChI=1S/C31H32F2N2O9S/c1-19(2)29(38)42-20(3)43-30(39)34-27(28(36)37)16-21-7-6-8-24(15-21)45(40,41)35-17-31(18-35,25-9-4-5-10-26(25)33)44-23-13-11-22(32)12-14-23/h4-15,19-20,27H,16-18H2,1-3H3,(H,34,39)(H,36,37)/t20?,27-/m0/s1. The van der Waals surface area contributed by atoms with Crippen LogP contribution in [0.1, 0.15) is 31.9 Å². The molecule has 2 N–H and O–H groups in total. The number of carbonyl (C=O) groups excluding carboxylic acids is 2. The topological polar surface area (TPSA) is 149 Å². The number of amides is 1. The largest absolute Gasteiger partial charge is 0.480 e. The van der Waals surface area contributed by atoms with E-state index in [1.165, 1.54) is 73.7 Å².